The fraction of sp³-hybridized carbons (Fsp3) is 0.368. The first-order valence-electron chi connectivity index (χ1n) is 9.12. The molecule has 10 heteroatoms. The molecule has 3 heterocycles. The molecule has 4 rings (SSSR count). The number of rotatable bonds is 6. The fourth-order valence-corrected chi connectivity index (χ4v) is 5.95. The Bertz CT molecular complexity index is 1050. The molecule has 29 heavy (non-hydrogen) atoms. The average molecular weight is 436 g/mol. The van der Waals surface area contributed by atoms with E-state index < -0.39 is 10.0 Å². The number of benzene rings is 1. The van der Waals surface area contributed by atoms with Crippen molar-refractivity contribution in [1.82, 2.24) is 14.4 Å². The zero-order valence-electron chi connectivity index (χ0n) is 16.1. The second-order valence-electron chi connectivity index (χ2n) is 6.67. The third kappa shape index (κ3) is 4.00. The van der Waals surface area contributed by atoms with Gasteiger partial charge in [0, 0.05) is 30.6 Å². The first kappa shape index (κ1) is 19.9. The van der Waals surface area contributed by atoms with Gasteiger partial charge in [-0.1, -0.05) is 11.2 Å². The maximum absolute atomic E-state index is 12.7. The molecule has 0 saturated carbocycles. The van der Waals surface area contributed by atoms with Crippen molar-refractivity contribution in [2.75, 3.05) is 27.3 Å². The van der Waals surface area contributed by atoms with Gasteiger partial charge in [-0.15, -0.1) is 11.3 Å². The van der Waals surface area contributed by atoms with Crippen LogP contribution in [-0.2, 0) is 10.0 Å². The number of aromatic nitrogens is 2. The van der Waals surface area contributed by atoms with E-state index in [2.05, 4.69) is 10.1 Å². The van der Waals surface area contributed by atoms with Gasteiger partial charge < -0.3 is 14.0 Å². The summed E-state index contributed by atoms with van der Waals surface area (Å²) in [5, 5.41) is 5.86. The lowest BCUT2D eigenvalue weighted by Gasteiger charge is -2.29. The van der Waals surface area contributed by atoms with Crippen LogP contribution in [0.5, 0.6) is 11.5 Å². The van der Waals surface area contributed by atoms with E-state index in [1.807, 2.05) is 12.1 Å². The molecule has 0 amide bonds. The number of sulfonamides is 1. The van der Waals surface area contributed by atoms with Crippen LogP contribution in [0.15, 0.2) is 44.4 Å². The highest BCUT2D eigenvalue weighted by Gasteiger charge is 2.32. The van der Waals surface area contributed by atoms with Crippen molar-refractivity contribution in [2.24, 2.45) is 0 Å². The van der Waals surface area contributed by atoms with Crippen LogP contribution < -0.4 is 9.47 Å². The molecule has 2 aromatic heterocycles. The van der Waals surface area contributed by atoms with Gasteiger partial charge >= 0.3 is 0 Å². The molecule has 1 aliphatic heterocycles. The van der Waals surface area contributed by atoms with E-state index in [0.717, 1.165) is 5.56 Å². The molecule has 0 aliphatic carbocycles. The second-order valence-corrected chi connectivity index (χ2v) is 9.78. The van der Waals surface area contributed by atoms with Crippen LogP contribution in [0.3, 0.4) is 0 Å². The number of piperidine rings is 1. The second kappa shape index (κ2) is 8.13. The molecule has 0 bridgehead atoms. The molecular formula is C19H21N3O5S2. The molecule has 1 aromatic carbocycles. The van der Waals surface area contributed by atoms with Gasteiger partial charge in [-0.05, 0) is 36.4 Å². The van der Waals surface area contributed by atoms with Gasteiger partial charge in [0.15, 0.2) is 0 Å². The minimum atomic E-state index is -3.42. The van der Waals surface area contributed by atoms with Crippen LogP contribution in [0.2, 0.25) is 0 Å². The maximum atomic E-state index is 12.7. The van der Waals surface area contributed by atoms with Crippen molar-refractivity contribution < 1.29 is 22.4 Å². The summed E-state index contributed by atoms with van der Waals surface area (Å²) < 4.78 is 43.3. The van der Waals surface area contributed by atoms with Gasteiger partial charge in [0.2, 0.25) is 11.7 Å². The Balaban J connectivity index is 1.48. The standard InChI is InChI=1S/C19H21N3O5S2/c1-25-15-10-14(11-16(12-15)26-2)18-20-19(27-21-18)13-5-7-22(8-6-13)29(23,24)17-4-3-9-28-17/h3-4,9-13H,5-8H2,1-2H3. The zero-order valence-corrected chi connectivity index (χ0v) is 17.7. The van der Waals surface area contributed by atoms with E-state index in [-0.39, 0.29) is 5.92 Å². The Labute approximate surface area is 173 Å². The van der Waals surface area contributed by atoms with Crippen LogP contribution >= 0.6 is 11.3 Å². The fourth-order valence-electron chi connectivity index (χ4n) is 3.34. The minimum Gasteiger partial charge on any atom is -0.497 e. The third-order valence-corrected chi connectivity index (χ3v) is 8.22. The van der Waals surface area contributed by atoms with Gasteiger partial charge in [-0.25, -0.2) is 8.42 Å². The number of thiophene rings is 1. The Kier molecular flexibility index (Phi) is 5.57. The average Bonchev–Trinajstić information content (AvgIpc) is 3.46. The van der Waals surface area contributed by atoms with Crippen molar-refractivity contribution in [3.05, 3.63) is 41.6 Å². The van der Waals surface area contributed by atoms with E-state index in [1.54, 1.807) is 37.8 Å². The van der Waals surface area contributed by atoms with Crippen LogP contribution in [-0.4, -0.2) is 50.2 Å². The van der Waals surface area contributed by atoms with Gasteiger partial charge in [0.25, 0.3) is 10.0 Å². The lowest BCUT2D eigenvalue weighted by atomic mass is 9.98. The van der Waals surface area contributed by atoms with Crippen LogP contribution in [0.25, 0.3) is 11.4 Å². The summed E-state index contributed by atoms with van der Waals surface area (Å²) in [7, 11) is -0.257. The quantitative estimate of drug-likeness (QED) is 0.586. The van der Waals surface area contributed by atoms with Gasteiger partial charge in [-0.3, -0.25) is 0 Å². The van der Waals surface area contributed by atoms with Crippen LogP contribution in [0, 0.1) is 0 Å². The number of nitrogens with zero attached hydrogens (tertiary/aromatic N) is 3. The molecule has 1 fully saturated rings. The minimum absolute atomic E-state index is 0.0264. The van der Waals surface area contributed by atoms with Gasteiger partial charge in [-0.2, -0.15) is 9.29 Å². The summed E-state index contributed by atoms with van der Waals surface area (Å²) in [6.07, 6.45) is 1.27. The van der Waals surface area contributed by atoms with E-state index >= 15 is 0 Å². The monoisotopic (exact) mass is 435 g/mol. The predicted molar refractivity (Wildman–Crippen MR) is 108 cm³/mol. The lowest BCUT2D eigenvalue weighted by molar-refractivity contribution is 0.271. The van der Waals surface area contributed by atoms with Crippen molar-refractivity contribution >= 4 is 21.4 Å². The Morgan fingerprint density at radius 2 is 1.83 bits per heavy atom. The summed E-state index contributed by atoms with van der Waals surface area (Å²) in [6.45, 7) is 0.852. The predicted octanol–water partition coefficient (Wildman–Crippen LogP) is 3.38. The highest BCUT2D eigenvalue weighted by atomic mass is 32.2. The molecule has 3 aromatic rings. The number of hydrogen-bond donors (Lipinski definition) is 0. The molecule has 0 unspecified atom stereocenters. The normalized spacial score (nSPS) is 16.1. The first-order chi connectivity index (χ1) is 14.0. The number of hydrogen-bond acceptors (Lipinski definition) is 8. The number of ether oxygens (including phenoxy) is 2. The Morgan fingerprint density at radius 3 is 2.41 bits per heavy atom. The van der Waals surface area contributed by atoms with Crippen molar-refractivity contribution in [3.8, 4) is 22.9 Å². The lowest BCUT2D eigenvalue weighted by Crippen LogP contribution is -2.37. The SMILES string of the molecule is COc1cc(OC)cc(-c2noc(C3CCN(S(=O)(=O)c4cccs4)CC3)n2)c1. The third-order valence-electron chi connectivity index (χ3n) is 4.94. The molecule has 0 atom stereocenters. The Morgan fingerprint density at radius 1 is 1.14 bits per heavy atom. The molecule has 1 saturated heterocycles. The molecule has 0 radical (unpaired) electrons. The highest BCUT2D eigenvalue weighted by Crippen LogP contribution is 2.33. The summed E-state index contributed by atoms with van der Waals surface area (Å²) in [5.41, 5.74) is 0.730. The molecular weight excluding hydrogens is 414 g/mol. The first-order valence-corrected chi connectivity index (χ1v) is 11.4. The van der Waals surface area contributed by atoms with E-state index in [4.69, 9.17) is 14.0 Å². The highest BCUT2D eigenvalue weighted by molar-refractivity contribution is 7.91. The molecule has 8 nitrogen and oxygen atoms in total. The Hall–Kier alpha value is -2.43. The summed E-state index contributed by atoms with van der Waals surface area (Å²) in [6, 6.07) is 8.78. The number of methoxy groups -OCH3 is 2. The van der Waals surface area contributed by atoms with E-state index in [1.165, 1.54) is 15.6 Å². The molecule has 0 spiro atoms. The zero-order chi connectivity index (χ0) is 20.4. The van der Waals surface area contributed by atoms with Crippen molar-refractivity contribution in [3.63, 3.8) is 0 Å². The summed E-state index contributed by atoms with van der Waals surface area (Å²) in [5.74, 6) is 2.27. The topological polar surface area (TPSA) is 94.8 Å². The van der Waals surface area contributed by atoms with Crippen molar-refractivity contribution in [2.45, 2.75) is 23.0 Å². The van der Waals surface area contributed by atoms with E-state index in [9.17, 15) is 8.42 Å². The maximum Gasteiger partial charge on any atom is 0.252 e. The molecule has 0 N–H and O–H groups in total. The van der Waals surface area contributed by atoms with Crippen LogP contribution in [0.1, 0.15) is 24.7 Å². The molecule has 1 aliphatic rings. The molecule has 154 valence electrons. The summed E-state index contributed by atoms with van der Waals surface area (Å²) in [4.78, 5) is 4.54. The van der Waals surface area contributed by atoms with Crippen LogP contribution in [0.4, 0.5) is 0 Å². The van der Waals surface area contributed by atoms with Crippen molar-refractivity contribution in [1.29, 1.82) is 0 Å². The summed E-state index contributed by atoms with van der Waals surface area (Å²) >= 11 is 1.24. The van der Waals surface area contributed by atoms with Gasteiger partial charge in [0.05, 0.1) is 14.2 Å². The van der Waals surface area contributed by atoms with Gasteiger partial charge in [0.1, 0.15) is 15.7 Å². The van der Waals surface area contributed by atoms with E-state index in [0.29, 0.717) is 53.4 Å². The smallest absolute Gasteiger partial charge is 0.252 e. The largest absolute Gasteiger partial charge is 0.497 e.